The molecule has 0 aliphatic carbocycles. The molecular formula is C33H34F2N5O7P. The third-order valence-corrected chi connectivity index (χ3v) is 10.8. The largest absolute Gasteiger partial charge is 0.399 e. The van der Waals surface area contributed by atoms with Gasteiger partial charge < -0.3 is 29.9 Å². The Kier molecular flexibility index (Phi) is 8.98. The van der Waals surface area contributed by atoms with E-state index in [2.05, 4.69) is 16.4 Å². The first kappa shape index (κ1) is 33.5. The number of carbonyl (C=O) groups is 3. The number of alkyl halides is 2. The average Bonchev–Trinajstić information content (AvgIpc) is 3.68. The van der Waals surface area contributed by atoms with Crippen LogP contribution in [0.1, 0.15) is 65.9 Å². The van der Waals surface area contributed by atoms with E-state index >= 15 is 0 Å². The summed E-state index contributed by atoms with van der Waals surface area (Å²) in [6, 6.07) is 10.9. The Morgan fingerprint density at radius 1 is 0.979 bits per heavy atom. The van der Waals surface area contributed by atoms with Gasteiger partial charge in [-0.3, -0.25) is 23.7 Å². The lowest BCUT2D eigenvalue weighted by molar-refractivity contribution is -0.146. The minimum absolute atomic E-state index is 0.0602. The van der Waals surface area contributed by atoms with Crippen molar-refractivity contribution in [3.05, 3.63) is 81.8 Å². The predicted octanol–water partition coefficient (Wildman–Crippen LogP) is 3.55. The summed E-state index contributed by atoms with van der Waals surface area (Å²) < 4.78 is 40.2. The molecule has 0 saturated carbocycles. The molecule has 4 N–H and O–H groups in total. The Bertz CT molecular complexity index is 1920. The van der Waals surface area contributed by atoms with Crippen LogP contribution in [0.4, 0.5) is 8.78 Å². The summed E-state index contributed by atoms with van der Waals surface area (Å²) in [6.07, 6.45) is 5.02. The predicted molar refractivity (Wildman–Crippen MR) is 169 cm³/mol. The SMILES string of the molecule is N#C[C@H]1CN(C(=O)[C@@H]2CC[C@@H]3CCCCC(NC(=O)c4ccc5ccc(C(F)(F)P(=O)(O)O)cc5c4)C(=O)N32)C[C@@H]1c1cc[nH]c(=O)c1. The van der Waals surface area contributed by atoms with E-state index < -0.39 is 48.6 Å². The molecule has 3 aliphatic rings. The van der Waals surface area contributed by atoms with E-state index in [9.17, 15) is 37.8 Å². The maximum Gasteiger partial charge on any atom is 0.399 e. The van der Waals surface area contributed by atoms with Crippen LogP contribution in [0.3, 0.4) is 0 Å². The van der Waals surface area contributed by atoms with Crippen LogP contribution in [0.15, 0.2) is 59.5 Å². The first-order chi connectivity index (χ1) is 22.8. The summed E-state index contributed by atoms with van der Waals surface area (Å²) >= 11 is 0. The molecule has 0 spiro atoms. The average molecular weight is 682 g/mol. The van der Waals surface area contributed by atoms with Gasteiger partial charge in [0.1, 0.15) is 12.1 Å². The van der Waals surface area contributed by atoms with E-state index in [0.29, 0.717) is 43.1 Å². The molecule has 12 nitrogen and oxygen atoms in total. The molecule has 3 aromatic rings. The molecule has 3 aliphatic heterocycles. The van der Waals surface area contributed by atoms with Gasteiger partial charge in [0, 0.05) is 48.4 Å². The first-order valence-electron chi connectivity index (χ1n) is 15.8. The van der Waals surface area contributed by atoms with E-state index in [1.165, 1.54) is 36.5 Å². The zero-order chi connectivity index (χ0) is 34.4. The maximum atomic E-state index is 14.4. The van der Waals surface area contributed by atoms with Crippen LogP contribution < -0.4 is 10.9 Å². The van der Waals surface area contributed by atoms with Gasteiger partial charge in [-0.25, -0.2) is 0 Å². The van der Waals surface area contributed by atoms with Crippen molar-refractivity contribution in [2.45, 2.75) is 68.2 Å². The summed E-state index contributed by atoms with van der Waals surface area (Å²) in [4.78, 5) is 77.4. The molecule has 3 saturated heterocycles. The van der Waals surface area contributed by atoms with Gasteiger partial charge >= 0.3 is 13.3 Å². The van der Waals surface area contributed by atoms with Gasteiger partial charge in [0.15, 0.2) is 0 Å². The highest BCUT2D eigenvalue weighted by Gasteiger charge is 2.50. The van der Waals surface area contributed by atoms with Gasteiger partial charge in [-0.2, -0.15) is 14.0 Å². The molecule has 6 rings (SSSR count). The van der Waals surface area contributed by atoms with Crippen LogP contribution >= 0.6 is 7.60 Å². The molecule has 48 heavy (non-hydrogen) atoms. The number of halogens is 2. The monoisotopic (exact) mass is 681 g/mol. The van der Waals surface area contributed by atoms with Crippen LogP contribution in [0, 0.1) is 17.2 Å². The summed E-state index contributed by atoms with van der Waals surface area (Å²) in [6.45, 7) is 0.396. The summed E-state index contributed by atoms with van der Waals surface area (Å²) in [5.41, 5.74) is -4.89. The van der Waals surface area contributed by atoms with E-state index in [1.807, 2.05) is 0 Å². The number of hydrogen-bond donors (Lipinski definition) is 4. The molecule has 0 radical (unpaired) electrons. The fourth-order valence-electron chi connectivity index (χ4n) is 7.25. The van der Waals surface area contributed by atoms with Crippen molar-refractivity contribution in [2.75, 3.05) is 13.1 Å². The van der Waals surface area contributed by atoms with Crippen molar-refractivity contribution in [1.29, 1.82) is 5.26 Å². The second kappa shape index (κ2) is 12.9. The van der Waals surface area contributed by atoms with Crippen LogP contribution in [0.5, 0.6) is 0 Å². The number of carbonyl (C=O) groups excluding carboxylic acids is 3. The van der Waals surface area contributed by atoms with Gasteiger partial charge in [-0.05, 0) is 66.3 Å². The zero-order valence-corrected chi connectivity index (χ0v) is 26.6. The fraction of sp³-hybridized carbons (Fsp3) is 0.424. The highest BCUT2D eigenvalue weighted by atomic mass is 31.2. The Morgan fingerprint density at radius 2 is 1.73 bits per heavy atom. The number of likely N-dealkylation sites (tertiary alicyclic amines) is 1. The number of hydrogen-bond acceptors (Lipinski definition) is 6. The van der Waals surface area contributed by atoms with Gasteiger partial charge in [0.05, 0.1) is 12.0 Å². The number of nitrogens with zero attached hydrogens (tertiary/aromatic N) is 3. The molecule has 4 heterocycles. The summed E-state index contributed by atoms with van der Waals surface area (Å²) in [5, 5.41) is 13.2. The number of aromatic nitrogens is 1. The molecule has 3 amide bonds. The van der Waals surface area contributed by atoms with E-state index in [4.69, 9.17) is 9.79 Å². The smallest absolute Gasteiger partial charge is 0.340 e. The number of fused-ring (bicyclic) bond motifs is 2. The van der Waals surface area contributed by atoms with Gasteiger partial charge in [0.2, 0.25) is 17.4 Å². The zero-order valence-electron chi connectivity index (χ0n) is 25.7. The number of aromatic amines is 1. The van der Waals surface area contributed by atoms with Crippen molar-refractivity contribution >= 4 is 36.1 Å². The normalized spacial score (nSPS) is 24.9. The third-order valence-electron chi connectivity index (χ3n) is 9.77. The van der Waals surface area contributed by atoms with Gasteiger partial charge in [-0.15, -0.1) is 0 Å². The Morgan fingerprint density at radius 3 is 2.46 bits per heavy atom. The van der Waals surface area contributed by atoms with Crippen molar-refractivity contribution in [2.24, 2.45) is 5.92 Å². The number of H-pyrrole nitrogens is 1. The van der Waals surface area contributed by atoms with Gasteiger partial charge in [0.25, 0.3) is 5.91 Å². The van der Waals surface area contributed by atoms with Crippen LogP contribution in [0.25, 0.3) is 10.8 Å². The number of amides is 3. The standard InChI is InChI=1S/C33H34F2N5O7P/c34-33(35,48(45,46)47)24-8-7-19-5-6-21(13-22(19)14-24)30(42)38-27-4-2-1-3-25-9-10-28(40(25)31(27)43)32(44)39-17-23(16-36)26(18-39)20-11-12-37-29(41)15-20/h5-8,11-15,23,25-28H,1-4,9-10,17-18H2,(H,37,41)(H,38,42)(H2,45,46,47)/t23-,25-,26+,27?,28-/m0/s1. The van der Waals surface area contributed by atoms with E-state index in [-0.39, 0.29) is 47.5 Å². The first-order valence-corrected chi connectivity index (χ1v) is 17.4. The third kappa shape index (κ3) is 6.25. The number of benzene rings is 2. The quantitative estimate of drug-likeness (QED) is 0.285. The number of nitrogens with one attached hydrogen (secondary N) is 2. The Labute approximate surface area is 273 Å². The summed E-state index contributed by atoms with van der Waals surface area (Å²) in [5.74, 6) is -2.19. The second-order valence-electron chi connectivity index (χ2n) is 12.7. The molecule has 3 fully saturated rings. The molecule has 5 atom stereocenters. The minimum atomic E-state index is -5.80. The molecule has 0 bridgehead atoms. The van der Waals surface area contributed by atoms with Crippen LogP contribution in [-0.4, -0.2) is 73.5 Å². The van der Waals surface area contributed by atoms with Crippen molar-refractivity contribution in [1.82, 2.24) is 20.1 Å². The van der Waals surface area contributed by atoms with Crippen LogP contribution in [-0.2, 0) is 19.8 Å². The molecule has 15 heteroatoms. The minimum Gasteiger partial charge on any atom is -0.340 e. The molecular weight excluding hydrogens is 647 g/mol. The Balaban J connectivity index is 1.20. The van der Waals surface area contributed by atoms with Crippen molar-refractivity contribution < 1.29 is 37.5 Å². The molecule has 2 aromatic carbocycles. The lowest BCUT2D eigenvalue weighted by atomic mass is 9.91. The van der Waals surface area contributed by atoms with Gasteiger partial charge in [-0.1, -0.05) is 31.0 Å². The van der Waals surface area contributed by atoms with Crippen molar-refractivity contribution in [3.8, 4) is 6.07 Å². The topological polar surface area (TPSA) is 184 Å². The lowest BCUT2D eigenvalue weighted by Crippen LogP contribution is -2.56. The molecule has 252 valence electrons. The Hall–Kier alpha value is -4.44. The summed E-state index contributed by atoms with van der Waals surface area (Å²) in [7, 11) is -5.80. The molecule has 1 aromatic heterocycles. The van der Waals surface area contributed by atoms with Crippen LogP contribution in [0.2, 0.25) is 0 Å². The fourth-order valence-corrected chi connectivity index (χ4v) is 7.72. The number of rotatable bonds is 6. The second-order valence-corrected chi connectivity index (χ2v) is 14.4. The number of pyridine rings is 1. The lowest BCUT2D eigenvalue weighted by Gasteiger charge is -2.36. The number of nitriles is 1. The molecule has 1 unspecified atom stereocenters. The van der Waals surface area contributed by atoms with Crippen molar-refractivity contribution in [3.63, 3.8) is 0 Å². The highest BCUT2D eigenvalue weighted by Crippen LogP contribution is 2.59. The maximum absolute atomic E-state index is 14.4. The van der Waals surface area contributed by atoms with E-state index in [0.717, 1.165) is 18.6 Å². The highest BCUT2D eigenvalue weighted by molar-refractivity contribution is 7.52. The van der Waals surface area contributed by atoms with E-state index in [1.54, 1.807) is 15.9 Å².